The van der Waals surface area contributed by atoms with Gasteiger partial charge in [0, 0.05) is 12.1 Å². The first-order valence-electron chi connectivity index (χ1n) is 7.47. The summed E-state index contributed by atoms with van der Waals surface area (Å²) in [5.41, 5.74) is 0.392. The van der Waals surface area contributed by atoms with Gasteiger partial charge in [-0.3, -0.25) is 4.90 Å². The molecule has 2 aliphatic rings. The highest BCUT2D eigenvalue weighted by atomic mass is 16.3. The van der Waals surface area contributed by atoms with Crippen LogP contribution < -0.4 is 0 Å². The number of nitrogens with zero attached hydrogens (tertiary/aromatic N) is 2. The minimum atomic E-state index is -0.123. The van der Waals surface area contributed by atoms with Crippen LogP contribution in [0.4, 0.5) is 0 Å². The van der Waals surface area contributed by atoms with Crippen LogP contribution >= 0.6 is 0 Å². The third-order valence-corrected chi connectivity index (χ3v) is 5.11. The molecule has 0 aromatic heterocycles. The number of likely N-dealkylation sites (N-methyl/N-ethyl adjacent to an activating group) is 1. The van der Waals surface area contributed by atoms with E-state index in [0.29, 0.717) is 17.5 Å². The summed E-state index contributed by atoms with van der Waals surface area (Å²) in [7, 11) is 4.43. The number of hydrogen-bond acceptors (Lipinski definition) is 3. The van der Waals surface area contributed by atoms with E-state index in [2.05, 4.69) is 37.7 Å². The molecular weight excluding hydrogens is 224 g/mol. The highest BCUT2D eigenvalue weighted by Crippen LogP contribution is 2.38. The van der Waals surface area contributed by atoms with E-state index in [9.17, 15) is 5.11 Å². The van der Waals surface area contributed by atoms with Crippen molar-refractivity contribution in [1.82, 2.24) is 9.80 Å². The Hall–Kier alpha value is -0.120. The number of aliphatic hydroxyl groups excluding tert-OH is 1. The largest absolute Gasteiger partial charge is 0.391 e. The molecule has 1 saturated carbocycles. The van der Waals surface area contributed by atoms with Crippen LogP contribution in [0.2, 0.25) is 0 Å². The van der Waals surface area contributed by atoms with Crippen molar-refractivity contribution in [3.05, 3.63) is 0 Å². The molecule has 1 aliphatic heterocycles. The Bertz CT molecular complexity index is 272. The average Bonchev–Trinajstić information content (AvgIpc) is 2.32. The number of aliphatic hydroxyl groups is 1. The first-order chi connectivity index (χ1) is 8.39. The lowest BCUT2D eigenvalue weighted by molar-refractivity contribution is -0.0315. The van der Waals surface area contributed by atoms with Crippen LogP contribution in [0.5, 0.6) is 0 Å². The molecule has 0 amide bonds. The second kappa shape index (κ2) is 5.48. The maximum absolute atomic E-state index is 10.3. The molecule has 0 spiro atoms. The van der Waals surface area contributed by atoms with Gasteiger partial charge in [0.2, 0.25) is 0 Å². The first kappa shape index (κ1) is 14.3. The van der Waals surface area contributed by atoms with E-state index in [1.54, 1.807) is 0 Å². The van der Waals surface area contributed by atoms with Gasteiger partial charge in [-0.25, -0.2) is 0 Å². The van der Waals surface area contributed by atoms with Gasteiger partial charge >= 0.3 is 0 Å². The fraction of sp³-hybridized carbons (Fsp3) is 1.00. The van der Waals surface area contributed by atoms with Crippen LogP contribution in [0, 0.1) is 5.41 Å². The van der Waals surface area contributed by atoms with Crippen molar-refractivity contribution >= 4 is 0 Å². The monoisotopic (exact) mass is 254 g/mol. The van der Waals surface area contributed by atoms with Crippen LogP contribution in [0.25, 0.3) is 0 Å². The van der Waals surface area contributed by atoms with E-state index in [1.807, 2.05) is 0 Å². The van der Waals surface area contributed by atoms with E-state index in [-0.39, 0.29) is 6.10 Å². The summed E-state index contributed by atoms with van der Waals surface area (Å²) in [6.45, 7) is 7.07. The molecule has 1 N–H and O–H groups in total. The van der Waals surface area contributed by atoms with Crippen LogP contribution in [0.15, 0.2) is 0 Å². The molecule has 0 radical (unpaired) electrons. The molecule has 2 atom stereocenters. The molecule has 106 valence electrons. The molecule has 3 nitrogen and oxygen atoms in total. The molecule has 0 aromatic carbocycles. The Balaban J connectivity index is 1.96. The summed E-state index contributed by atoms with van der Waals surface area (Å²) in [6, 6.07) is 1.02. The Morgan fingerprint density at radius 1 is 1.17 bits per heavy atom. The van der Waals surface area contributed by atoms with Gasteiger partial charge in [0.05, 0.1) is 6.10 Å². The summed E-state index contributed by atoms with van der Waals surface area (Å²) in [5.74, 6) is 0. The van der Waals surface area contributed by atoms with Gasteiger partial charge in [-0.1, -0.05) is 13.8 Å². The van der Waals surface area contributed by atoms with E-state index >= 15 is 0 Å². The topological polar surface area (TPSA) is 26.7 Å². The lowest BCUT2D eigenvalue weighted by Gasteiger charge is -2.46. The van der Waals surface area contributed by atoms with Crippen LogP contribution in [0.3, 0.4) is 0 Å². The SMILES string of the molecule is CN1CCC(N(C)C2CC(C)(C)CCC2O)CC1. The number of piperidine rings is 1. The summed E-state index contributed by atoms with van der Waals surface area (Å²) in [5, 5.41) is 10.3. The van der Waals surface area contributed by atoms with Gasteiger partial charge in [-0.05, 0) is 64.7 Å². The van der Waals surface area contributed by atoms with Gasteiger partial charge in [-0.15, -0.1) is 0 Å². The van der Waals surface area contributed by atoms with E-state index in [0.717, 1.165) is 19.3 Å². The highest BCUT2D eigenvalue weighted by molar-refractivity contribution is 4.92. The zero-order valence-corrected chi connectivity index (χ0v) is 12.5. The smallest absolute Gasteiger partial charge is 0.0695 e. The predicted molar refractivity (Wildman–Crippen MR) is 75.7 cm³/mol. The lowest BCUT2D eigenvalue weighted by Crippen LogP contribution is -2.53. The van der Waals surface area contributed by atoms with E-state index in [4.69, 9.17) is 0 Å². The van der Waals surface area contributed by atoms with Crippen LogP contribution in [-0.2, 0) is 0 Å². The summed E-state index contributed by atoms with van der Waals surface area (Å²) >= 11 is 0. The Morgan fingerprint density at radius 2 is 1.78 bits per heavy atom. The molecular formula is C15H30N2O. The van der Waals surface area contributed by atoms with Crippen molar-refractivity contribution in [2.45, 2.75) is 64.1 Å². The molecule has 1 saturated heterocycles. The van der Waals surface area contributed by atoms with Crippen molar-refractivity contribution in [1.29, 1.82) is 0 Å². The summed E-state index contributed by atoms with van der Waals surface area (Å²) in [6.07, 6.45) is 5.63. The van der Waals surface area contributed by atoms with Gasteiger partial charge in [0.25, 0.3) is 0 Å². The molecule has 0 bridgehead atoms. The highest BCUT2D eigenvalue weighted by Gasteiger charge is 2.38. The Kier molecular flexibility index (Phi) is 4.35. The van der Waals surface area contributed by atoms with Crippen LogP contribution in [0.1, 0.15) is 46.0 Å². The molecule has 1 heterocycles. The second-order valence-corrected chi connectivity index (χ2v) is 7.24. The molecule has 18 heavy (non-hydrogen) atoms. The average molecular weight is 254 g/mol. The van der Waals surface area contributed by atoms with Crippen LogP contribution in [-0.4, -0.2) is 60.3 Å². The van der Waals surface area contributed by atoms with Gasteiger partial charge in [0.15, 0.2) is 0 Å². The minimum absolute atomic E-state index is 0.123. The van der Waals surface area contributed by atoms with Crippen molar-refractivity contribution in [2.75, 3.05) is 27.2 Å². The number of rotatable bonds is 2. The zero-order valence-electron chi connectivity index (χ0n) is 12.5. The molecule has 3 heteroatoms. The Labute approximate surface area is 112 Å². The normalized spacial score (nSPS) is 35.0. The second-order valence-electron chi connectivity index (χ2n) is 7.24. The maximum atomic E-state index is 10.3. The summed E-state index contributed by atoms with van der Waals surface area (Å²) in [4.78, 5) is 4.89. The predicted octanol–water partition coefficient (Wildman–Crippen LogP) is 1.95. The maximum Gasteiger partial charge on any atom is 0.0695 e. The van der Waals surface area contributed by atoms with Gasteiger partial charge in [-0.2, -0.15) is 0 Å². The molecule has 1 aliphatic carbocycles. The Morgan fingerprint density at radius 3 is 2.39 bits per heavy atom. The number of likely N-dealkylation sites (tertiary alicyclic amines) is 1. The van der Waals surface area contributed by atoms with Crippen molar-refractivity contribution in [3.8, 4) is 0 Å². The quantitative estimate of drug-likeness (QED) is 0.816. The first-order valence-corrected chi connectivity index (χ1v) is 7.47. The van der Waals surface area contributed by atoms with Crippen molar-refractivity contribution in [3.63, 3.8) is 0 Å². The molecule has 2 fully saturated rings. The third kappa shape index (κ3) is 3.25. The standard InChI is InChI=1S/C15H30N2O/c1-15(2)8-5-14(18)13(11-15)17(4)12-6-9-16(3)10-7-12/h12-14,18H,5-11H2,1-4H3. The van der Waals surface area contributed by atoms with E-state index in [1.165, 1.54) is 25.9 Å². The fourth-order valence-corrected chi connectivity index (χ4v) is 3.62. The third-order valence-electron chi connectivity index (χ3n) is 5.11. The van der Waals surface area contributed by atoms with E-state index < -0.39 is 0 Å². The van der Waals surface area contributed by atoms with Gasteiger partial charge in [0.1, 0.15) is 0 Å². The summed E-state index contributed by atoms with van der Waals surface area (Å²) < 4.78 is 0. The van der Waals surface area contributed by atoms with Gasteiger partial charge < -0.3 is 10.0 Å². The van der Waals surface area contributed by atoms with Crippen molar-refractivity contribution < 1.29 is 5.11 Å². The number of hydrogen-bond donors (Lipinski definition) is 1. The lowest BCUT2D eigenvalue weighted by atomic mass is 9.73. The molecule has 2 unspecified atom stereocenters. The van der Waals surface area contributed by atoms with Crippen molar-refractivity contribution in [2.24, 2.45) is 5.41 Å². The molecule has 2 rings (SSSR count). The zero-order chi connectivity index (χ0) is 13.3. The molecule has 0 aromatic rings. The fourth-order valence-electron chi connectivity index (χ4n) is 3.62. The minimum Gasteiger partial charge on any atom is -0.391 e.